The molecular weight excluding hydrogens is 476 g/mol. The fourth-order valence-corrected chi connectivity index (χ4v) is 4.07. The smallest absolute Gasteiger partial charge is 0.313 e. The Labute approximate surface area is 206 Å². The molecule has 184 valence electrons. The van der Waals surface area contributed by atoms with Gasteiger partial charge in [0.1, 0.15) is 11.9 Å². The number of carbonyl (C=O) groups is 2. The third kappa shape index (κ3) is 6.27. The van der Waals surface area contributed by atoms with Crippen molar-refractivity contribution < 1.29 is 28.2 Å². The van der Waals surface area contributed by atoms with Crippen molar-refractivity contribution in [1.82, 2.24) is 15.2 Å². The minimum absolute atomic E-state index is 0.0140. The Bertz CT molecular complexity index is 1180. The molecule has 0 saturated heterocycles. The normalized spacial score (nSPS) is 17.5. The minimum atomic E-state index is -0.552. The van der Waals surface area contributed by atoms with E-state index in [-0.39, 0.29) is 36.2 Å². The summed E-state index contributed by atoms with van der Waals surface area (Å²) in [7, 11) is 2.95. The summed E-state index contributed by atoms with van der Waals surface area (Å²) in [5.41, 5.74) is 1.25. The number of nitrogens with zero attached hydrogens (tertiary/aromatic N) is 3. The van der Waals surface area contributed by atoms with E-state index in [9.17, 15) is 9.59 Å². The van der Waals surface area contributed by atoms with Crippen LogP contribution in [0.5, 0.6) is 11.6 Å². The average molecular weight is 501 g/mol. The van der Waals surface area contributed by atoms with Crippen molar-refractivity contribution in [3.8, 4) is 11.6 Å². The molecule has 1 saturated carbocycles. The van der Waals surface area contributed by atoms with Gasteiger partial charge in [-0.05, 0) is 43.9 Å². The number of methoxy groups -OCH3 is 2. The number of amides is 1. The van der Waals surface area contributed by atoms with E-state index >= 15 is 0 Å². The van der Waals surface area contributed by atoms with E-state index in [4.69, 9.17) is 30.2 Å². The molecule has 1 amide bonds. The summed E-state index contributed by atoms with van der Waals surface area (Å²) in [6.45, 7) is 0. The first-order chi connectivity index (χ1) is 16.9. The van der Waals surface area contributed by atoms with Crippen LogP contribution in [0.4, 0.5) is 5.69 Å². The largest absolute Gasteiger partial charge is 0.496 e. The van der Waals surface area contributed by atoms with Crippen molar-refractivity contribution in [2.75, 3.05) is 19.5 Å². The topological polar surface area (TPSA) is 126 Å². The third-order valence-corrected chi connectivity index (χ3v) is 5.98. The van der Waals surface area contributed by atoms with Crippen LogP contribution in [0.1, 0.15) is 47.8 Å². The minimum Gasteiger partial charge on any atom is -0.496 e. The summed E-state index contributed by atoms with van der Waals surface area (Å²) in [5.74, 6) is 0.343. The second kappa shape index (κ2) is 11.2. The quantitative estimate of drug-likeness (QED) is 0.455. The second-order valence-corrected chi connectivity index (χ2v) is 8.52. The highest BCUT2D eigenvalue weighted by Gasteiger charge is 2.28. The number of rotatable bonds is 8. The lowest BCUT2D eigenvalue weighted by atomic mass is 9.87. The van der Waals surface area contributed by atoms with Gasteiger partial charge < -0.3 is 23.9 Å². The first-order valence-corrected chi connectivity index (χ1v) is 11.5. The third-order valence-electron chi connectivity index (χ3n) is 5.74. The predicted molar refractivity (Wildman–Crippen MR) is 126 cm³/mol. The van der Waals surface area contributed by atoms with Gasteiger partial charge in [-0.25, -0.2) is 4.98 Å². The van der Waals surface area contributed by atoms with Gasteiger partial charge in [0.15, 0.2) is 0 Å². The van der Waals surface area contributed by atoms with Crippen LogP contribution in [0.2, 0.25) is 5.02 Å². The van der Waals surface area contributed by atoms with Crippen LogP contribution in [-0.2, 0) is 16.0 Å². The van der Waals surface area contributed by atoms with Gasteiger partial charge in [0.2, 0.25) is 11.8 Å². The Morgan fingerprint density at radius 3 is 2.60 bits per heavy atom. The number of aromatic nitrogens is 3. The van der Waals surface area contributed by atoms with E-state index in [0.29, 0.717) is 22.3 Å². The zero-order chi connectivity index (χ0) is 24.8. The van der Waals surface area contributed by atoms with Crippen LogP contribution in [-0.4, -0.2) is 47.4 Å². The fraction of sp³-hybridized carbons (Fsp3) is 0.375. The molecule has 3 aromatic rings. The van der Waals surface area contributed by atoms with E-state index in [0.717, 1.165) is 31.2 Å². The zero-order valence-electron chi connectivity index (χ0n) is 19.3. The lowest BCUT2D eigenvalue weighted by Crippen LogP contribution is -2.28. The van der Waals surface area contributed by atoms with Crippen LogP contribution in [0.3, 0.4) is 0 Å². The van der Waals surface area contributed by atoms with Crippen LogP contribution in [0.25, 0.3) is 0 Å². The summed E-state index contributed by atoms with van der Waals surface area (Å²) in [6, 6.07) is 8.57. The number of carbonyl (C=O) groups excluding carboxylic acids is 2. The lowest BCUT2D eigenvalue weighted by molar-refractivity contribution is -0.147. The lowest BCUT2D eigenvalue weighted by Gasteiger charge is -2.27. The average Bonchev–Trinajstić information content (AvgIpc) is 3.35. The molecule has 1 aliphatic rings. The van der Waals surface area contributed by atoms with E-state index in [1.165, 1.54) is 13.3 Å². The molecule has 2 heterocycles. The molecule has 4 rings (SSSR count). The number of benzene rings is 1. The summed E-state index contributed by atoms with van der Waals surface area (Å²) in [5, 5.41) is 11.0. The molecule has 35 heavy (non-hydrogen) atoms. The van der Waals surface area contributed by atoms with Crippen molar-refractivity contribution in [3.05, 3.63) is 58.9 Å². The van der Waals surface area contributed by atoms with Crippen molar-refractivity contribution in [2.45, 2.75) is 38.2 Å². The summed E-state index contributed by atoms with van der Waals surface area (Å²) in [4.78, 5) is 28.4. The number of anilines is 1. The molecule has 1 N–H and O–H groups in total. The highest BCUT2D eigenvalue weighted by molar-refractivity contribution is 6.30. The SMILES string of the molecule is COC(=O)C1CCC(Oc2ccc(NC(=O)c3nnc(Cc4ccc(Cl)cc4OC)o3)cn2)CC1. The van der Waals surface area contributed by atoms with Crippen molar-refractivity contribution in [2.24, 2.45) is 5.92 Å². The molecule has 1 aromatic carbocycles. The van der Waals surface area contributed by atoms with E-state index in [2.05, 4.69) is 20.5 Å². The van der Waals surface area contributed by atoms with Crippen LogP contribution >= 0.6 is 11.6 Å². The molecule has 11 heteroatoms. The molecule has 1 fully saturated rings. The Morgan fingerprint density at radius 1 is 1.11 bits per heavy atom. The molecule has 2 aromatic heterocycles. The number of ether oxygens (including phenoxy) is 3. The predicted octanol–water partition coefficient (Wildman–Crippen LogP) is 4.08. The molecular formula is C24H25ClN4O6. The van der Waals surface area contributed by atoms with Gasteiger partial charge in [-0.1, -0.05) is 17.7 Å². The summed E-state index contributed by atoms with van der Waals surface area (Å²) >= 11 is 5.99. The van der Waals surface area contributed by atoms with Crippen LogP contribution in [0, 0.1) is 5.92 Å². The Balaban J connectivity index is 1.30. The highest BCUT2D eigenvalue weighted by Crippen LogP contribution is 2.28. The van der Waals surface area contributed by atoms with Crippen molar-refractivity contribution >= 4 is 29.2 Å². The number of halogens is 1. The zero-order valence-corrected chi connectivity index (χ0v) is 20.1. The number of hydrogen-bond acceptors (Lipinski definition) is 9. The van der Waals surface area contributed by atoms with Gasteiger partial charge >= 0.3 is 17.8 Å². The molecule has 0 unspecified atom stereocenters. The number of esters is 1. The molecule has 0 aliphatic heterocycles. The molecule has 1 aliphatic carbocycles. The molecule has 0 spiro atoms. The Hall–Kier alpha value is -3.66. The number of nitrogens with one attached hydrogen (secondary N) is 1. The van der Waals surface area contributed by atoms with Gasteiger partial charge in [0.05, 0.1) is 38.4 Å². The van der Waals surface area contributed by atoms with Crippen LogP contribution in [0.15, 0.2) is 40.9 Å². The van der Waals surface area contributed by atoms with Gasteiger partial charge in [-0.3, -0.25) is 9.59 Å². The van der Waals surface area contributed by atoms with Gasteiger partial charge in [-0.2, -0.15) is 0 Å². The molecule has 10 nitrogen and oxygen atoms in total. The maximum absolute atomic E-state index is 12.5. The van der Waals surface area contributed by atoms with Gasteiger partial charge in [0.25, 0.3) is 0 Å². The van der Waals surface area contributed by atoms with Gasteiger partial charge in [-0.15, -0.1) is 10.2 Å². The summed E-state index contributed by atoms with van der Waals surface area (Å²) < 4.78 is 21.5. The monoisotopic (exact) mass is 500 g/mol. The van der Waals surface area contributed by atoms with E-state index in [1.54, 1.807) is 37.4 Å². The maximum Gasteiger partial charge on any atom is 0.313 e. The molecule has 0 bridgehead atoms. The first-order valence-electron chi connectivity index (χ1n) is 11.1. The first kappa shape index (κ1) is 24.5. The molecule has 0 atom stereocenters. The Kier molecular flexibility index (Phi) is 7.81. The molecule has 0 radical (unpaired) electrons. The number of pyridine rings is 1. The standard InChI is InChI=1S/C24H25ClN4O6/c1-32-19-12-16(25)6-3-15(19)11-21-28-29-23(35-21)22(30)27-17-7-10-20(26-13-17)34-18-8-4-14(5-9-18)24(31)33-2/h3,6-7,10,12-14,18H,4-5,8-9,11H2,1-2H3,(H,27,30). The number of hydrogen-bond donors (Lipinski definition) is 1. The van der Waals surface area contributed by atoms with Crippen molar-refractivity contribution in [1.29, 1.82) is 0 Å². The van der Waals surface area contributed by atoms with Crippen molar-refractivity contribution in [3.63, 3.8) is 0 Å². The second-order valence-electron chi connectivity index (χ2n) is 8.09. The van der Waals surface area contributed by atoms with Gasteiger partial charge in [0, 0.05) is 16.7 Å². The van der Waals surface area contributed by atoms with E-state index < -0.39 is 5.91 Å². The van der Waals surface area contributed by atoms with Crippen LogP contribution < -0.4 is 14.8 Å². The maximum atomic E-state index is 12.5. The summed E-state index contributed by atoms with van der Waals surface area (Å²) in [6.07, 6.45) is 4.71. The Morgan fingerprint density at radius 2 is 1.91 bits per heavy atom. The fourth-order valence-electron chi connectivity index (χ4n) is 3.91. The highest BCUT2D eigenvalue weighted by atomic mass is 35.5. The van der Waals surface area contributed by atoms with E-state index in [1.807, 2.05) is 0 Å².